The quantitative estimate of drug-likeness (QED) is 0.737. The molecular weight excluding hydrogens is 259 g/mol. The van der Waals surface area contributed by atoms with Crippen LogP contribution >= 0.6 is 11.5 Å². The van der Waals surface area contributed by atoms with Gasteiger partial charge in [-0.1, -0.05) is 4.49 Å². The van der Waals surface area contributed by atoms with Crippen molar-refractivity contribution in [2.45, 2.75) is 0 Å². The van der Waals surface area contributed by atoms with Gasteiger partial charge in [-0.25, -0.2) is 14.2 Å². The Morgan fingerprint density at radius 1 is 1.44 bits per heavy atom. The SMILES string of the molecule is O=C(O)c1cc(F)cc2[nH]c(-c3cnns3)nc12. The molecule has 3 rings (SSSR count). The number of carboxylic acid groups (broad SMARTS) is 1. The molecule has 6 nitrogen and oxygen atoms in total. The number of rotatable bonds is 2. The molecule has 2 heterocycles. The first-order valence-corrected chi connectivity index (χ1v) is 5.63. The highest BCUT2D eigenvalue weighted by molar-refractivity contribution is 7.09. The van der Waals surface area contributed by atoms with E-state index in [0.717, 1.165) is 17.6 Å². The van der Waals surface area contributed by atoms with Crippen molar-refractivity contribution in [1.82, 2.24) is 19.6 Å². The summed E-state index contributed by atoms with van der Waals surface area (Å²) in [6, 6.07) is 2.15. The zero-order chi connectivity index (χ0) is 12.7. The molecule has 0 atom stereocenters. The number of carboxylic acids is 1. The lowest BCUT2D eigenvalue weighted by Crippen LogP contribution is -1.98. The third-order valence-electron chi connectivity index (χ3n) is 2.38. The van der Waals surface area contributed by atoms with Gasteiger partial charge in [-0.3, -0.25) is 0 Å². The van der Waals surface area contributed by atoms with E-state index in [2.05, 4.69) is 19.6 Å². The van der Waals surface area contributed by atoms with Crippen molar-refractivity contribution in [2.75, 3.05) is 0 Å². The highest BCUT2D eigenvalue weighted by atomic mass is 32.1. The Labute approximate surface area is 103 Å². The normalized spacial score (nSPS) is 10.9. The molecule has 90 valence electrons. The van der Waals surface area contributed by atoms with Gasteiger partial charge in [-0.15, -0.1) is 5.10 Å². The van der Waals surface area contributed by atoms with Gasteiger partial charge in [0, 0.05) is 0 Å². The van der Waals surface area contributed by atoms with Crippen molar-refractivity contribution in [3.63, 3.8) is 0 Å². The number of H-pyrrole nitrogens is 1. The molecular formula is C10H5FN4O2S. The fourth-order valence-electron chi connectivity index (χ4n) is 1.63. The van der Waals surface area contributed by atoms with E-state index in [1.807, 2.05) is 0 Å². The first-order chi connectivity index (χ1) is 8.65. The molecule has 0 spiro atoms. The molecule has 1 aromatic carbocycles. The largest absolute Gasteiger partial charge is 0.478 e. The lowest BCUT2D eigenvalue weighted by molar-refractivity contribution is 0.0698. The highest BCUT2D eigenvalue weighted by Gasteiger charge is 2.16. The van der Waals surface area contributed by atoms with Gasteiger partial charge in [0.05, 0.1) is 17.3 Å². The molecule has 3 aromatic rings. The van der Waals surface area contributed by atoms with Crippen LogP contribution in [-0.4, -0.2) is 30.6 Å². The molecule has 0 aliphatic carbocycles. The summed E-state index contributed by atoms with van der Waals surface area (Å²) in [5, 5.41) is 12.7. The lowest BCUT2D eigenvalue weighted by atomic mass is 10.2. The van der Waals surface area contributed by atoms with Gasteiger partial charge < -0.3 is 10.1 Å². The van der Waals surface area contributed by atoms with E-state index in [-0.39, 0.29) is 11.1 Å². The molecule has 0 fully saturated rings. The molecule has 0 amide bonds. The summed E-state index contributed by atoms with van der Waals surface area (Å²) in [5.74, 6) is -1.43. The average Bonchev–Trinajstić information content (AvgIpc) is 2.95. The Bertz CT molecular complexity index is 738. The van der Waals surface area contributed by atoms with Crippen LogP contribution in [0, 0.1) is 5.82 Å². The van der Waals surface area contributed by atoms with Crippen molar-refractivity contribution >= 4 is 28.5 Å². The summed E-state index contributed by atoms with van der Waals surface area (Å²) in [4.78, 5) is 18.7. The van der Waals surface area contributed by atoms with Gasteiger partial charge in [0.25, 0.3) is 0 Å². The smallest absolute Gasteiger partial charge is 0.338 e. The molecule has 2 aromatic heterocycles. The van der Waals surface area contributed by atoms with Gasteiger partial charge in [0.15, 0.2) is 5.82 Å². The number of hydrogen-bond donors (Lipinski definition) is 2. The van der Waals surface area contributed by atoms with Crippen molar-refractivity contribution in [1.29, 1.82) is 0 Å². The van der Waals surface area contributed by atoms with E-state index >= 15 is 0 Å². The number of halogens is 1. The molecule has 0 unspecified atom stereocenters. The molecule has 8 heteroatoms. The molecule has 0 saturated carbocycles. The van der Waals surface area contributed by atoms with Gasteiger partial charge in [0.2, 0.25) is 0 Å². The minimum atomic E-state index is -1.22. The van der Waals surface area contributed by atoms with Crippen LogP contribution in [0.15, 0.2) is 18.3 Å². The standard InChI is InChI=1S/C10H5FN4O2S/c11-4-1-5(10(16)17)8-6(2-4)13-9(14-8)7-3-12-15-18-7/h1-3H,(H,13,14)(H,16,17). The van der Waals surface area contributed by atoms with Crippen LogP contribution in [0.5, 0.6) is 0 Å². The zero-order valence-corrected chi connectivity index (χ0v) is 9.53. The average molecular weight is 264 g/mol. The van der Waals surface area contributed by atoms with Crippen LogP contribution < -0.4 is 0 Å². The molecule has 2 N–H and O–H groups in total. The number of carbonyl (C=O) groups is 1. The molecule has 0 saturated heterocycles. The Morgan fingerprint density at radius 3 is 2.94 bits per heavy atom. The zero-order valence-electron chi connectivity index (χ0n) is 8.72. The van der Waals surface area contributed by atoms with Gasteiger partial charge in [0.1, 0.15) is 16.2 Å². The summed E-state index contributed by atoms with van der Waals surface area (Å²) < 4.78 is 17.0. The number of hydrogen-bond acceptors (Lipinski definition) is 5. The summed E-state index contributed by atoms with van der Waals surface area (Å²) in [5.41, 5.74) is 0.369. The van der Waals surface area contributed by atoms with Crippen molar-refractivity contribution in [3.8, 4) is 10.7 Å². The van der Waals surface area contributed by atoms with E-state index in [9.17, 15) is 9.18 Å². The summed E-state index contributed by atoms with van der Waals surface area (Å²) in [7, 11) is 0. The van der Waals surface area contributed by atoms with Crippen LogP contribution in [0.3, 0.4) is 0 Å². The Morgan fingerprint density at radius 2 is 2.28 bits per heavy atom. The molecule has 0 bridgehead atoms. The van der Waals surface area contributed by atoms with Gasteiger partial charge >= 0.3 is 5.97 Å². The Balaban J connectivity index is 2.29. The summed E-state index contributed by atoms with van der Waals surface area (Å²) in [6.45, 7) is 0. The maximum atomic E-state index is 13.3. The molecule has 0 aliphatic heterocycles. The predicted octanol–water partition coefficient (Wildman–Crippen LogP) is 1.92. The van der Waals surface area contributed by atoms with Gasteiger partial charge in [-0.2, -0.15) is 0 Å². The number of aromatic carboxylic acids is 1. The Kier molecular flexibility index (Phi) is 2.30. The maximum absolute atomic E-state index is 13.3. The summed E-state index contributed by atoms with van der Waals surface area (Å²) in [6.07, 6.45) is 1.50. The lowest BCUT2D eigenvalue weighted by Gasteiger charge is -1.95. The minimum absolute atomic E-state index is 0.176. The number of imidazole rings is 1. The third-order valence-corrected chi connectivity index (χ3v) is 3.05. The highest BCUT2D eigenvalue weighted by Crippen LogP contribution is 2.25. The van der Waals surface area contributed by atoms with E-state index in [1.165, 1.54) is 12.3 Å². The third kappa shape index (κ3) is 1.63. The number of aromatic nitrogens is 4. The van der Waals surface area contributed by atoms with E-state index in [1.54, 1.807) is 0 Å². The van der Waals surface area contributed by atoms with Crippen LogP contribution in [-0.2, 0) is 0 Å². The van der Waals surface area contributed by atoms with Crippen molar-refractivity contribution < 1.29 is 14.3 Å². The number of benzene rings is 1. The van der Waals surface area contributed by atoms with E-state index in [4.69, 9.17) is 5.11 Å². The van der Waals surface area contributed by atoms with Crippen LogP contribution in [0.25, 0.3) is 21.7 Å². The van der Waals surface area contributed by atoms with Crippen LogP contribution in [0.1, 0.15) is 10.4 Å². The van der Waals surface area contributed by atoms with Crippen LogP contribution in [0.2, 0.25) is 0 Å². The monoisotopic (exact) mass is 264 g/mol. The van der Waals surface area contributed by atoms with Crippen LogP contribution in [0.4, 0.5) is 4.39 Å². The number of nitrogens with zero attached hydrogens (tertiary/aromatic N) is 3. The second-order valence-corrected chi connectivity index (χ2v) is 4.31. The minimum Gasteiger partial charge on any atom is -0.478 e. The fraction of sp³-hybridized carbons (Fsp3) is 0. The second kappa shape index (κ2) is 3.84. The second-order valence-electron chi connectivity index (χ2n) is 3.52. The molecule has 18 heavy (non-hydrogen) atoms. The van der Waals surface area contributed by atoms with Crippen molar-refractivity contribution in [3.05, 3.63) is 29.7 Å². The topological polar surface area (TPSA) is 91.8 Å². The summed E-state index contributed by atoms with van der Waals surface area (Å²) >= 11 is 1.11. The predicted molar refractivity (Wildman–Crippen MR) is 61.9 cm³/mol. The molecule has 0 aliphatic rings. The van der Waals surface area contributed by atoms with Gasteiger partial charge in [-0.05, 0) is 23.7 Å². The van der Waals surface area contributed by atoms with E-state index in [0.29, 0.717) is 16.2 Å². The number of fused-ring (bicyclic) bond motifs is 1. The maximum Gasteiger partial charge on any atom is 0.338 e. The number of nitrogens with one attached hydrogen (secondary N) is 1. The molecule has 0 radical (unpaired) electrons. The number of aromatic amines is 1. The van der Waals surface area contributed by atoms with E-state index < -0.39 is 11.8 Å². The Hall–Kier alpha value is -2.35. The first kappa shape index (κ1) is 10.8. The first-order valence-electron chi connectivity index (χ1n) is 4.85. The fourth-order valence-corrected chi connectivity index (χ4v) is 2.09. The van der Waals surface area contributed by atoms with Crippen molar-refractivity contribution in [2.24, 2.45) is 0 Å².